The predicted octanol–water partition coefficient (Wildman–Crippen LogP) is 2.79. The highest BCUT2D eigenvalue weighted by molar-refractivity contribution is 7.92. The lowest BCUT2D eigenvalue weighted by Crippen LogP contribution is -2.16. The fourth-order valence-corrected chi connectivity index (χ4v) is 2.78. The molecule has 1 aliphatic carbocycles. The molecule has 21 heavy (non-hydrogen) atoms. The summed E-state index contributed by atoms with van der Waals surface area (Å²) in [5.74, 6) is 3.44. The standard InChI is InChI=1S/C15H18N2O2SSi/c1-20(18,19)17-15-13(10-11-21(2,3)4)12-8-6-5-7-9-14(12)16-15/h5-9H,1-4H3,(H,16,17). The van der Waals surface area contributed by atoms with Crippen LogP contribution in [0.2, 0.25) is 19.6 Å². The average Bonchev–Trinajstić information content (AvgIpc) is 2.48. The predicted molar refractivity (Wildman–Crippen MR) is 89.5 cm³/mol. The molecule has 0 fully saturated rings. The molecule has 0 amide bonds. The third-order valence-electron chi connectivity index (χ3n) is 2.60. The van der Waals surface area contributed by atoms with Gasteiger partial charge in [-0.25, -0.2) is 13.4 Å². The van der Waals surface area contributed by atoms with Gasteiger partial charge in [0.15, 0.2) is 5.82 Å². The number of fused-ring (bicyclic) bond motifs is 1. The molecule has 0 aromatic heterocycles. The lowest BCUT2D eigenvalue weighted by molar-refractivity contribution is 0.606. The SMILES string of the molecule is C[Si](C)(C)C#Cc1c2cccccc-2nc1NS(C)(=O)=O. The Balaban J connectivity index is 2.65. The first-order valence-electron chi connectivity index (χ1n) is 6.55. The first-order chi connectivity index (χ1) is 9.66. The largest absolute Gasteiger partial charge is 0.266 e. The number of nitrogens with one attached hydrogen (secondary N) is 1. The number of hydrogen-bond donors (Lipinski definition) is 1. The lowest BCUT2D eigenvalue weighted by atomic mass is 10.1. The average molecular weight is 318 g/mol. The highest BCUT2D eigenvalue weighted by Gasteiger charge is 2.18. The Morgan fingerprint density at radius 1 is 1.14 bits per heavy atom. The fraction of sp³-hybridized carbons (Fsp3) is 0.267. The summed E-state index contributed by atoms with van der Waals surface area (Å²) in [6.45, 7) is 6.42. The Labute approximate surface area is 127 Å². The van der Waals surface area contributed by atoms with Gasteiger partial charge in [0, 0.05) is 5.56 Å². The normalized spacial score (nSPS) is 11.8. The van der Waals surface area contributed by atoms with Crippen LogP contribution >= 0.6 is 0 Å². The van der Waals surface area contributed by atoms with Crippen LogP contribution in [0, 0.1) is 11.5 Å². The number of anilines is 1. The minimum atomic E-state index is -3.39. The van der Waals surface area contributed by atoms with Crippen LogP contribution in [0.5, 0.6) is 0 Å². The lowest BCUT2D eigenvalue weighted by Gasteiger charge is -2.04. The number of nitrogens with zero attached hydrogens (tertiary/aromatic N) is 1. The number of sulfonamides is 1. The van der Waals surface area contributed by atoms with Gasteiger partial charge in [0.05, 0.1) is 17.5 Å². The van der Waals surface area contributed by atoms with Crippen LogP contribution < -0.4 is 4.72 Å². The topological polar surface area (TPSA) is 59.1 Å². The van der Waals surface area contributed by atoms with Gasteiger partial charge in [0.25, 0.3) is 0 Å². The molecule has 0 aromatic carbocycles. The van der Waals surface area contributed by atoms with Gasteiger partial charge in [0.2, 0.25) is 10.0 Å². The van der Waals surface area contributed by atoms with Crippen molar-refractivity contribution < 1.29 is 8.42 Å². The van der Waals surface area contributed by atoms with Gasteiger partial charge in [-0.2, -0.15) is 0 Å². The zero-order chi connectivity index (χ0) is 15.7. The maximum atomic E-state index is 11.5. The monoisotopic (exact) mass is 318 g/mol. The van der Waals surface area contributed by atoms with Crippen LogP contribution in [0.3, 0.4) is 0 Å². The summed E-state index contributed by atoms with van der Waals surface area (Å²) in [5, 5.41) is 0. The van der Waals surface area contributed by atoms with E-state index < -0.39 is 18.1 Å². The number of aromatic nitrogens is 1. The van der Waals surface area contributed by atoms with Crippen molar-refractivity contribution in [2.24, 2.45) is 0 Å². The molecular formula is C15H18N2O2SSi. The van der Waals surface area contributed by atoms with E-state index in [4.69, 9.17) is 0 Å². The van der Waals surface area contributed by atoms with E-state index in [1.807, 2.05) is 30.3 Å². The molecule has 110 valence electrons. The summed E-state index contributed by atoms with van der Waals surface area (Å²) < 4.78 is 25.5. The summed E-state index contributed by atoms with van der Waals surface area (Å²) in [5.41, 5.74) is 5.50. The maximum Gasteiger partial charge on any atom is 0.231 e. The van der Waals surface area contributed by atoms with Crippen molar-refractivity contribution in [1.29, 1.82) is 0 Å². The molecule has 2 aliphatic rings. The minimum Gasteiger partial charge on any atom is -0.266 e. The second-order valence-electron chi connectivity index (χ2n) is 5.92. The summed E-state index contributed by atoms with van der Waals surface area (Å²) in [7, 11) is -4.96. The number of rotatable bonds is 2. The van der Waals surface area contributed by atoms with E-state index in [9.17, 15) is 8.42 Å². The van der Waals surface area contributed by atoms with E-state index in [1.54, 1.807) is 0 Å². The minimum absolute atomic E-state index is 0.310. The highest BCUT2D eigenvalue weighted by Crippen LogP contribution is 2.30. The van der Waals surface area contributed by atoms with Crippen LogP contribution in [0.25, 0.3) is 11.3 Å². The summed E-state index contributed by atoms with van der Waals surface area (Å²) in [6.07, 6.45) is 1.11. The van der Waals surface area contributed by atoms with Crippen LogP contribution in [0.15, 0.2) is 30.3 Å². The van der Waals surface area contributed by atoms with Crippen LogP contribution in [-0.2, 0) is 10.0 Å². The van der Waals surface area contributed by atoms with E-state index >= 15 is 0 Å². The van der Waals surface area contributed by atoms with E-state index in [0.717, 1.165) is 17.5 Å². The van der Waals surface area contributed by atoms with E-state index in [2.05, 4.69) is 40.8 Å². The molecule has 1 heterocycles. The fourth-order valence-electron chi connectivity index (χ4n) is 1.78. The van der Waals surface area contributed by atoms with Crippen molar-refractivity contribution in [3.63, 3.8) is 0 Å². The zero-order valence-electron chi connectivity index (χ0n) is 12.6. The Morgan fingerprint density at radius 2 is 1.81 bits per heavy atom. The van der Waals surface area contributed by atoms with Crippen molar-refractivity contribution >= 4 is 23.9 Å². The molecular weight excluding hydrogens is 300 g/mol. The second kappa shape index (κ2) is 5.51. The van der Waals surface area contributed by atoms with Crippen LogP contribution in [0.4, 0.5) is 5.82 Å². The summed E-state index contributed by atoms with van der Waals surface area (Å²) in [6, 6.07) is 9.43. The molecule has 0 spiro atoms. The van der Waals surface area contributed by atoms with E-state index in [0.29, 0.717) is 11.4 Å². The van der Waals surface area contributed by atoms with Gasteiger partial charge >= 0.3 is 0 Å². The molecule has 0 unspecified atom stereocenters. The van der Waals surface area contributed by atoms with E-state index in [1.165, 1.54) is 0 Å². The Kier molecular flexibility index (Phi) is 4.08. The molecule has 0 radical (unpaired) electrons. The van der Waals surface area contributed by atoms with E-state index in [-0.39, 0.29) is 0 Å². The third-order valence-corrected chi connectivity index (χ3v) is 4.04. The van der Waals surface area contributed by atoms with Gasteiger partial charge in [-0.05, 0) is 6.07 Å². The summed E-state index contributed by atoms with van der Waals surface area (Å²) in [4.78, 5) is 4.36. The Hall–Kier alpha value is -1.84. The molecule has 2 rings (SSSR count). The quantitative estimate of drug-likeness (QED) is 0.684. The molecule has 0 saturated heterocycles. The van der Waals surface area contributed by atoms with Crippen LogP contribution in [0.1, 0.15) is 5.56 Å². The molecule has 6 heteroatoms. The molecule has 1 N–H and O–H groups in total. The first kappa shape index (κ1) is 15.5. The van der Waals surface area contributed by atoms with Crippen molar-refractivity contribution in [1.82, 2.24) is 4.98 Å². The van der Waals surface area contributed by atoms with Crippen molar-refractivity contribution in [3.8, 4) is 22.7 Å². The van der Waals surface area contributed by atoms with Crippen molar-refractivity contribution in [3.05, 3.63) is 35.9 Å². The molecule has 4 nitrogen and oxygen atoms in total. The molecule has 0 bridgehead atoms. The third kappa shape index (κ3) is 4.31. The van der Waals surface area contributed by atoms with Gasteiger partial charge in [-0.1, -0.05) is 49.8 Å². The van der Waals surface area contributed by atoms with Crippen molar-refractivity contribution in [2.75, 3.05) is 11.0 Å². The highest BCUT2D eigenvalue weighted by atomic mass is 32.2. The molecule has 0 saturated carbocycles. The first-order valence-corrected chi connectivity index (χ1v) is 11.9. The van der Waals surface area contributed by atoms with Gasteiger partial charge in [-0.15, -0.1) is 5.54 Å². The Morgan fingerprint density at radius 3 is 2.43 bits per heavy atom. The second-order valence-corrected chi connectivity index (χ2v) is 12.4. The zero-order valence-corrected chi connectivity index (χ0v) is 14.4. The molecule has 0 aromatic rings. The van der Waals surface area contributed by atoms with Crippen molar-refractivity contribution in [2.45, 2.75) is 19.6 Å². The van der Waals surface area contributed by atoms with Crippen LogP contribution in [-0.4, -0.2) is 27.7 Å². The summed E-state index contributed by atoms with van der Waals surface area (Å²) >= 11 is 0. The maximum absolute atomic E-state index is 11.5. The molecule has 0 atom stereocenters. The van der Waals surface area contributed by atoms with Gasteiger partial charge in [-0.3, -0.25) is 4.72 Å². The van der Waals surface area contributed by atoms with Gasteiger partial charge in [0.1, 0.15) is 8.07 Å². The van der Waals surface area contributed by atoms with Gasteiger partial charge < -0.3 is 0 Å². The smallest absolute Gasteiger partial charge is 0.231 e. The number of hydrogen-bond acceptors (Lipinski definition) is 3. The Bertz CT molecular complexity index is 799. The molecule has 1 aliphatic heterocycles.